The predicted molar refractivity (Wildman–Crippen MR) is 104 cm³/mol. The molecule has 5 heteroatoms. The number of ether oxygens (including phenoxy) is 2. The van der Waals surface area contributed by atoms with Gasteiger partial charge in [-0.2, -0.15) is 5.10 Å². The van der Waals surface area contributed by atoms with Crippen LogP contribution in [0.4, 0.5) is 0 Å². The number of carbonyl (C=O) groups is 1. The van der Waals surface area contributed by atoms with Gasteiger partial charge in [0.2, 0.25) is 0 Å². The van der Waals surface area contributed by atoms with Gasteiger partial charge in [0.25, 0.3) is 5.91 Å². The highest BCUT2D eigenvalue weighted by Gasteiger charge is 2.38. The van der Waals surface area contributed by atoms with Crippen LogP contribution in [0.3, 0.4) is 0 Å². The van der Waals surface area contributed by atoms with E-state index in [4.69, 9.17) is 9.47 Å². The molecule has 2 atom stereocenters. The van der Waals surface area contributed by atoms with Crippen LogP contribution in [-0.2, 0) is 0 Å². The number of rotatable bonds is 7. The third kappa shape index (κ3) is 4.03. The third-order valence-electron chi connectivity index (χ3n) is 4.95. The molecule has 0 radical (unpaired) electrons. The molecule has 0 aliphatic heterocycles. The van der Waals surface area contributed by atoms with Gasteiger partial charge in [0.15, 0.2) is 0 Å². The molecule has 2 aliphatic carbocycles. The Labute approximate surface area is 158 Å². The Hall–Kier alpha value is -3.08. The van der Waals surface area contributed by atoms with Crippen LogP contribution in [0.15, 0.2) is 71.9 Å². The van der Waals surface area contributed by atoms with Gasteiger partial charge in [-0.3, -0.25) is 4.79 Å². The molecule has 0 saturated heterocycles. The van der Waals surface area contributed by atoms with Crippen molar-refractivity contribution in [2.45, 2.75) is 12.8 Å². The molecule has 2 aliphatic rings. The highest BCUT2D eigenvalue weighted by atomic mass is 16.5. The van der Waals surface area contributed by atoms with Gasteiger partial charge in [0, 0.05) is 11.6 Å². The lowest BCUT2D eigenvalue weighted by atomic mass is 9.74. The van der Waals surface area contributed by atoms with Crippen LogP contribution >= 0.6 is 0 Å². The topological polar surface area (TPSA) is 59.9 Å². The third-order valence-corrected chi connectivity index (χ3v) is 4.95. The lowest BCUT2D eigenvalue weighted by molar-refractivity contribution is 0.0948. The van der Waals surface area contributed by atoms with Crippen molar-refractivity contribution in [1.82, 2.24) is 5.43 Å². The minimum atomic E-state index is -0.253. The number of fused-ring (bicyclic) bond motifs is 1. The highest BCUT2D eigenvalue weighted by Crippen LogP contribution is 2.40. The predicted octanol–water partition coefficient (Wildman–Crippen LogP) is 3.83. The van der Waals surface area contributed by atoms with Gasteiger partial charge in [0.1, 0.15) is 24.7 Å². The Kier molecular flexibility index (Phi) is 5.19. The summed E-state index contributed by atoms with van der Waals surface area (Å²) in [5.74, 6) is 2.16. The SMILES string of the molecule is O=C(N/N=C1/C[C@@H]2C=CC[C@H]12)c1ccccc1OCCOc1ccccc1. The van der Waals surface area contributed by atoms with Gasteiger partial charge in [-0.25, -0.2) is 5.43 Å². The minimum absolute atomic E-state index is 0.253. The number of nitrogens with one attached hydrogen (secondary N) is 1. The van der Waals surface area contributed by atoms with Crippen LogP contribution in [-0.4, -0.2) is 24.8 Å². The maximum atomic E-state index is 12.5. The maximum Gasteiger partial charge on any atom is 0.275 e. The van der Waals surface area contributed by atoms with Crippen molar-refractivity contribution < 1.29 is 14.3 Å². The first-order valence-electron chi connectivity index (χ1n) is 9.24. The van der Waals surface area contributed by atoms with E-state index in [9.17, 15) is 4.79 Å². The molecule has 1 fully saturated rings. The molecule has 0 spiro atoms. The van der Waals surface area contributed by atoms with E-state index in [1.54, 1.807) is 12.1 Å². The zero-order valence-electron chi connectivity index (χ0n) is 15.0. The van der Waals surface area contributed by atoms with Gasteiger partial charge in [-0.1, -0.05) is 42.5 Å². The van der Waals surface area contributed by atoms with Gasteiger partial charge in [-0.15, -0.1) is 0 Å². The second-order valence-electron chi connectivity index (χ2n) is 6.69. The summed E-state index contributed by atoms with van der Waals surface area (Å²) in [4.78, 5) is 12.5. The first-order valence-corrected chi connectivity index (χ1v) is 9.24. The summed E-state index contributed by atoms with van der Waals surface area (Å²) >= 11 is 0. The number of hydrogen-bond donors (Lipinski definition) is 1. The minimum Gasteiger partial charge on any atom is -0.490 e. The second-order valence-corrected chi connectivity index (χ2v) is 6.69. The molecule has 4 rings (SSSR count). The van der Waals surface area contributed by atoms with E-state index >= 15 is 0 Å². The Bertz CT molecular complexity index is 861. The normalized spacial score (nSPS) is 21.4. The molecule has 0 heterocycles. The molecule has 5 nitrogen and oxygen atoms in total. The summed E-state index contributed by atoms with van der Waals surface area (Å²) in [5.41, 5.74) is 4.23. The van der Waals surface area contributed by atoms with Crippen LogP contribution in [0.25, 0.3) is 0 Å². The molecule has 1 saturated carbocycles. The summed E-state index contributed by atoms with van der Waals surface area (Å²) in [6.07, 6.45) is 6.41. The van der Waals surface area contributed by atoms with Crippen molar-refractivity contribution in [3.8, 4) is 11.5 Å². The molecule has 2 aromatic carbocycles. The standard InChI is InChI=1S/C22H22N2O3/c25-22(24-23-20-15-16-7-6-11-18(16)20)19-10-4-5-12-21(19)27-14-13-26-17-8-2-1-3-9-17/h1-10,12,16,18H,11,13-15H2,(H,24,25)/b23-20-/t16-,18-/m0/s1. The molecular weight excluding hydrogens is 340 g/mol. The average Bonchev–Trinajstić information content (AvgIpc) is 3.07. The van der Waals surface area contributed by atoms with Crippen molar-refractivity contribution in [2.75, 3.05) is 13.2 Å². The quantitative estimate of drug-likeness (QED) is 0.463. The fourth-order valence-corrected chi connectivity index (χ4v) is 3.45. The maximum absolute atomic E-state index is 12.5. The number of nitrogens with zero attached hydrogens (tertiary/aromatic N) is 1. The number of carbonyl (C=O) groups excluding carboxylic acids is 1. The van der Waals surface area contributed by atoms with E-state index in [1.807, 2.05) is 42.5 Å². The summed E-state index contributed by atoms with van der Waals surface area (Å²) < 4.78 is 11.4. The molecule has 138 valence electrons. The van der Waals surface area contributed by atoms with Crippen LogP contribution < -0.4 is 14.9 Å². The molecule has 0 aromatic heterocycles. The zero-order chi connectivity index (χ0) is 18.5. The van der Waals surface area contributed by atoms with Gasteiger partial charge in [-0.05, 0) is 43.0 Å². The Balaban J connectivity index is 1.30. The van der Waals surface area contributed by atoms with E-state index in [2.05, 4.69) is 22.7 Å². The molecule has 27 heavy (non-hydrogen) atoms. The average molecular weight is 362 g/mol. The summed E-state index contributed by atoms with van der Waals surface area (Å²) in [6.45, 7) is 0.751. The molecular formula is C22H22N2O3. The number of benzene rings is 2. The largest absolute Gasteiger partial charge is 0.490 e. The van der Waals surface area contributed by atoms with Crippen molar-refractivity contribution >= 4 is 11.6 Å². The van der Waals surface area contributed by atoms with E-state index in [1.165, 1.54) is 0 Å². The number of allylic oxidation sites excluding steroid dienone is 2. The van der Waals surface area contributed by atoms with Crippen molar-refractivity contribution in [3.63, 3.8) is 0 Å². The summed E-state index contributed by atoms with van der Waals surface area (Å²) in [7, 11) is 0. The number of para-hydroxylation sites is 2. The molecule has 1 amide bonds. The van der Waals surface area contributed by atoms with Crippen LogP contribution in [0, 0.1) is 11.8 Å². The van der Waals surface area contributed by atoms with Gasteiger partial charge < -0.3 is 9.47 Å². The van der Waals surface area contributed by atoms with Gasteiger partial charge >= 0.3 is 0 Å². The molecule has 2 aromatic rings. The van der Waals surface area contributed by atoms with Crippen molar-refractivity contribution in [3.05, 3.63) is 72.3 Å². The first kappa shape index (κ1) is 17.3. The molecule has 0 unspecified atom stereocenters. The van der Waals surface area contributed by atoms with E-state index in [0.29, 0.717) is 36.4 Å². The molecule has 0 bridgehead atoms. The van der Waals surface area contributed by atoms with E-state index < -0.39 is 0 Å². The lowest BCUT2D eigenvalue weighted by Gasteiger charge is -2.31. The van der Waals surface area contributed by atoms with Crippen molar-refractivity contribution in [1.29, 1.82) is 0 Å². The fraction of sp³-hybridized carbons (Fsp3) is 0.273. The van der Waals surface area contributed by atoms with Crippen LogP contribution in [0.2, 0.25) is 0 Å². The van der Waals surface area contributed by atoms with Crippen LogP contribution in [0.5, 0.6) is 11.5 Å². The fourth-order valence-electron chi connectivity index (χ4n) is 3.45. The smallest absolute Gasteiger partial charge is 0.275 e. The monoisotopic (exact) mass is 362 g/mol. The summed E-state index contributed by atoms with van der Waals surface area (Å²) in [5, 5.41) is 4.32. The van der Waals surface area contributed by atoms with Crippen molar-refractivity contribution in [2.24, 2.45) is 16.9 Å². The zero-order valence-corrected chi connectivity index (χ0v) is 15.0. The Morgan fingerprint density at radius 2 is 1.81 bits per heavy atom. The Morgan fingerprint density at radius 3 is 2.67 bits per heavy atom. The lowest BCUT2D eigenvalue weighted by Crippen LogP contribution is -2.35. The summed E-state index contributed by atoms with van der Waals surface area (Å²) in [6, 6.07) is 16.7. The second kappa shape index (κ2) is 8.08. The molecule has 1 N–H and O–H groups in total. The first-order chi connectivity index (χ1) is 13.3. The number of hydrogen-bond acceptors (Lipinski definition) is 4. The number of hydrazone groups is 1. The van der Waals surface area contributed by atoms with E-state index in [-0.39, 0.29) is 5.91 Å². The van der Waals surface area contributed by atoms with E-state index in [0.717, 1.165) is 24.3 Å². The number of amides is 1. The Morgan fingerprint density at radius 1 is 1.04 bits per heavy atom. The highest BCUT2D eigenvalue weighted by molar-refractivity contribution is 5.99. The van der Waals surface area contributed by atoms with Crippen LogP contribution in [0.1, 0.15) is 23.2 Å². The van der Waals surface area contributed by atoms with Gasteiger partial charge in [0.05, 0.1) is 5.56 Å².